The van der Waals surface area contributed by atoms with Crippen LogP contribution < -0.4 is 4.90 Å². The van der Waals surface area contributed by atoms with Crippen LogP contribution in [0.5, 0.6) is 0 Å². The topological polar surface area (TPSA) is 62.1 Å². The minimum atomic E-state index is 0.102. The van der Waals surface area contributed by atoms with Gasteiger partial charge in [0.15, 0.2) is 0 Å². The number of aliphatic hydroxyl groups excluding tert-OH is 1. The average molecular weight is 260 g/mol. The normalized spacial score (nSPS) is 11.2. The van der Waals surface area contributed by atoms with E-state index in [4.69, 9.17) is 5.11 Å². The van der Waals surface area contributed by atoms with Crippen molar-refractivity contribution in [2.75, 3.05) is 25.1 Å². The molecule has 18 heavy (non-hydrogen) atoms. The van der Waals surface area contributed by atoms with Gasteiger partial charge in [0, 0.05) is 25.2 Å². The molecule has 0 amide bonds. The van der Waals surface area contributed by atoms with E-state index in [-0.39, 0.29) is 6.61 Å². The van der Waals surface area contributed by atoms with Gasteiger partial charge in [0.2, 0.25) is 0 Å². The highest BCUT2D eigenvalue weighted by atomic mass is 32.1. The van der Waals surface area contributed by atoms with E-state index in [1.165, 1.54) is 0 Å². The summed E-state index contributed by atoms with van der Waals surface area (Å²) in [6.45, 7) is 0.652. The van der Waals surface area contributed by atoms with E-state index < -0.39 is 0 Å². The van der Waals surface area contributed by atoms with Gasteiger partial charge in [-0.1, -0.05) is 0 Å². The average Bonchev–Trinajstić information content (AvgIpc) is 2.77. The Morgan fingerprint density at radius 1 is 1.33 bits per heavy atom. The third-order valence-electron chi connectivity index (χ3n) is 2.81. The fourth-order valence-corrected chi connectivity index (χ4v) is 3.07. The second kappa shape index (κ2) is 4.47. The van der Waals surface area contributed by atoms with E-state index in [0.717, 1.165) is 26.3 Å². The van der Waals surface area contributed by atoms with Gasteiger partial charge < -0.3 is 10.0 Å². The summed E-state index contributed by atoms with van der Waals surface area (Å²) < 4.78 is 1.02. The molecule has 3 aromatic rings. The molecule has 1 N–H and O–H groups in total. The molecule has 5 nitrogen and oxygen atoms in total. The largest absolute Gasteiger partial charge is 0.395 e. The van der Waals surface area contributed by atoms with E-state index in [9.17, 15) is 0 Å². The lowest BCUT2D eigenvalue weighted by molar-refractivity contribution is 0.304. The van der Waals surface area contributed by atoms with Gasteiger partial charge in [-0.05, 0) is 12.1 Å². The molecule has 0 radical (unpaired) electrons. The molecule has 3 rings (SSSR count). The minimum absolute atomic E-state index is 0.102. The molecular weight excluding hydrogens is 248 g/mol. The van der Waals surface area contributed by atoms with Crippen LogP contribution in [0.4, 0.5) is 5.82 Å². The Bertz CT molecular complexity index is 697. The van der Waals surface area contributed by atoms with Gasteiger partial charge in [-0.2, -0.15) is 0 Å². The molecule has 0 unspecified atom stereocenters. The Morgan fingerprint density at radius 3 is 3.06 bits per heavy atom. The second-order valence-corrected chi connectivity index (χ2v) is 4.98. The molecule has 0 fully saturated rings. The number of likely N-dealkylation sites (N-methyl/N-ethyl adjacent to an activating group) is 1. The zero-order chi connectivity index (χ0) is 12.5. The molecule has 0 bridgehead atoms. The minimum Gasteiger partial charge on any atom is -0.395 e. The molecule has 0 spiro atoms. The number of aliphatic hydroxyl groups is 1. The first-order chi connectivity index (χ1) is 8.81. The van der Waals surface area contributed by atoms with Crippen molar-refractivity contribution < 1.29 is 5.11 Å². The molecule has 0 aliphatic heterocycles. The summed E-state index contributed by atoms with van der Waals surface area (Å²) in [5.41, 5.74) is 0.929. The number of nitrogens with zero attached hydrogens (tertiary/aromatic N) is 4. The van der Waals surface area contributed by atoms with Crippen LogP contribution in [0.2, 0.25) is 0 Å². The maximum Gasteiger partial charge on any atom is 0.149 e. The highest BCUT2D eigenvalue weighted by molar-refractivity contribution is 7.25. The Labute approximate surface area is 108 Å². The molecule has 3 aromatic heterocycles. The standard InChI is InChI=1S/C12H12N4OS/c1-16(5-6-17)11-10-9(14-7-15-11)8-3-2-4-13-12(8)18-10/h2-4,7,17H,5-6H2,1H3. The Balaban J connectivity index is 2.27. The first-order valence-electron chi connectivity index (χ1n) is 5.61. The predicted octanol–water partition coefficient (Wildman–Crippen LogP) is 1.67. The van der Waals surface area contributed by atoms with Gasteiger partial charge in [-0.25, -0.2) is 15.0 Å². The molecule has 0 saturated heterocycles. The highest BCUT2D eigenvalue weighted by Crippen LogP contribution is 2.35. The summed E-state index contributed by atoms with van der Waals surface area (Å²) in [4.78, 5) is 15.9. The number of anilines is 1. The molecule has 92 valence electrons. The first kappa shape index (κ1) is 11.3. The summed E-state index contributed by atoms with van der Waals surface area (Å²) in [6.07, 6.45) is 3.34. The van der Waals surface area contributed by atoms with Gasteiger partial charge in [0.05, 0.1) is 16.8 Å². The van der Waals surface area contributed by atoms with Crippen LogP contribution in [0.1, 0.15) is 0 Å². The molecule has 0 aliphatic rings. The van der Waals surface area contributed by atoms with Crippen molar-refractivity contribution in [3.8, 4) is 0 Å². The van der Waals surface area contributed by atoms with Crippen LogP contribution in [0.25, 0.3) is 20.4 Å². The lowest BCUT2D eigenvalue weighted by Gasteiger charge is -2.16. The number of hydrogen-bond acceptors (Lipinski definition) is 6. The Hall–Kier alpha value is -1.79. The number of hydrogen-bond donors (Lipinski definition) is 1. The zero-order valence-electron chi connectivity index (χ0n) is 9.87. The summed E-state index contributed by atoms with van der Waals surface area (Å²) in [5, 5.41) is 10.1. The third-order valence-corrected chi connectivity index (χ3v) is 3.91. The van der Waals surface area contributed by atoms with Crippen LogP contribution in [0.3, 0.4) is 0 Å². The molecule has 3 heterocycles. The lowest BCUT2D eigenvalue weighted by atomic mass is 10.3. The van der Waals surface area contributed by atoms with Crippen molar-refractivity contribution in [1.29, 1.82) is 0 Å². The van der Waals surface area contributed by atoms with Crippen LogP contribution >= 0.6 is 11.3 Å². The van der Waals surface area contributed by atoms with Crippen molar-refractivity contribution in [3.63, 3.8) is 0 Å². The summed E-state index contributed by atoms with van der Waals surface area (Å²) in [5.74, 6) is 0.844. The van der Waals surface area contributed by atoms with E-state index in [1.54, 1.807) is 23.9 Å². The molecule has 0 atom stereocenters. The van der Waals surface area contributed by atoms with Gasteiger partial charge in [0.1, 0.15) is 17.0 Å². The first-order valence-corrected chi connectivity index (χ1v) is 6.43. The number of thiophene rings is 1. The van der Waals surface area contributed by atoms with Crippen LogP contribution in [0.15, 0.2) is 24.7 Å². The van der Waals surface area contributed by atoms with E-state index in [2.05, 4.69) is 15.0 Å². The summed E-state index contributed by atoms with van der Waals surface area (Å²) in [7, 11) is 1.91. The maximum atomic E-state index is 9.02. The van der Waals surface area contributed by atoms with Crippen molar-refractivity contribution in [1.82, 2.24) is 15.0 Å². The molecule has 6 heteroatoms. The number of rotatable bonds is 3. The second-order valence-electron chi connectivity index (χ2n) is 3.98. The summed E-state index contributed by atoms with van der Waals surface area (Å²) >= 11 is 1.58. The SMILES string of the molecule is CN(CCO)c1ncnc2c1sc1ncccc12. The summed E-state index contributed by atoms with van der Waals surface area (Å²) in [6, 6.07) is 3.93. The molecular formula is C12H12N4OS. The predicted molar refractivity (Wildman–Crippen MR) is 73.1 cm³/mol. The van der Waals surface area contributed by atoms with E-state index >= 15 is 0 Å². The number of pyridine rings is 1. The lowest BCUT2D eigenvalue weighted by Crippen LogP contribution is -2.22. The Kier molecular flexibility index (Phi) is 2.81. The maximum absolute atomic E-state index is 9.02. The van der Waals surface area contributed by atoms with Gasteiger partial charge in [-0.15, -0.1) is 11.3 Å². The van der Waals surface area contributed by atoms with E-state index in [1.807, 2.05) is 24.1 Å². The molecule has 0 aromatic carbocycles. The van der Waals surface area contributed by atoms with Crippen molar-refractivity contribution in [2.24, 2.45) is 0 Å². The molecule has 0 aliphatic carbocycles. The van der Waals surface area contributed by atoms with E-state index in [0.29, 0.717) is 6.54 Å². The smallest absolute Gasteiger partial charge is 0.149 e. The fourth-order valence-electron chi connectivity index (χ4n) is 1.93. The Morgan fingerprint density at radius 2 is 2.22 bits per heavy atom. The van der Waals surface area contributed by atoms with Crippen molar-refractivity contribution in [3.05, 3.63) is 24.7 Å². The van der Waals surface area contributed by atoms with Gasteiger partial charge >= 0.3 is 0 Å². The fraction of sp³-hybridized carbons (Fsp3) is 0.250. The van der Waals surface area contributed by atoms with Crippen LogP contribution in [-0.4, -0.2) is 40.3 Å². The number of fused-ring (bicyclic) bond motifs is 3. The quantitative estimate of drug-likeness (QED) is 0.776. The van der Waals surface area contributed by atoms with Crippen molar-refractivity contribution in [2.45, 2.75) is 0 Å². The third kappa shape index (κ3) is 1.70. The monoisotopic (exact) mass is 260 g/mol. The van der Waals surface area contributed by atoms with Crippen LogP contribution in [0, 0.1) is 0 Å². The van der Waals surface area contributed by atoms with Gasteiger partial charge in [-0.3, -0.25) is 0 Å². The zero-order valence-corrected chi connectivity index (χ0v) is 10.7. The van der Waals surface area contributed by atoms with Gasteiger partial charge in [0.25, 0.3) is 0 Å². The van der Waals surface area contributed by atoms with Crippen molar-refractivity contribution >= 4 is 37.6 Å². The molecule has 0 saturated carbocycles. The van der Waals surface area contributed by atoms with Crippen LogP contribution in [-0.2, 0) is 0 Å². The highest BCUT2D eigenvalue weighted by Gasteiger charge is 2.13. The number of aromatic nitrogens is 3.